The first-order chi connectivity index (χ1) is 14.2. The van der Waals surface area contributed by atoms with Crippen LogP contribution in [0.5, 0.6) is 0 Å². The number of carbonyl (C=O) groups is 2. The summed E-state index contributed by atoms with van der Waals surface area (Å²) in [5.74, 6) is 0.0961. The van der Waals surface area contributed by atoms with Gasteiger partial charge in [0.2, 0.25) is 0 Å². The van der Waals surface area contributed by atoms with E-state index in [-0.39, 0.29) is 18.0 Å². The van der Waals surface area contributed by atoms with E-state index in [0.717, 1.165) is 17.5 Å². The number of imide groups is 1. The van der Waals surface area contributed by atoms with Gasteiger partial charge in [-0.25, -0.2) is 4.79 Å². The largest absolute Gasteiger partial charge is 0.369 e. The molecule has 1 atom stereocenters. The number of nitrogens with one attached hydrogen (secondary N) is 1. The van der Waals surface area contributed by atoms with E-state index < -0.39 is 6.03 Å². The van der Waals surface area contributed by atoms with Crippen LogP contribution in [0.1, 0.15) is 49.8 Å². The molecule has 1 unspecified atom stereocenters. The number of halogens is 1. The van der Waals surface area contributed by atoms with Crippen molar-refractivity contribution in [1.82, 2.24) is 10.2 Å². The molecule has 0 aliphatic carbocycles. The second kappa shape index (κ2) is 7.47. The van der Waals surface area contributed by atoms with E-state index >= 15 is 0 Å². The minimum absolute atomic E-state index is 0.101. The van der Waals surface area contributed by atoms with Gasteiger partial charge in [0.25, 0.3) is 5.91 Å². The molecule has 0 radical (unpaired) electrons. The molecule has 2 aromatic rings. The molecule has 1 saturated heterocycles. The third kappa shape index (κ3) is 3.70. The van der Waals surface area contributed by atoms with Gasteiger partial charge in [-0.05, 0) is 73.2 Å². The predicted molar refractivity (Wildman–Crippen MR) is 120 cm³/mol. The summed E-state index contributed by atoms with van der Waals surface area (Å²) >= 11 is 5.91. The summed E-state index contributed by atoms with van der Waals surface area (Å²) in [6.45, 7) is 6.95. The van der Waals surface area contributed by atoms with E-state index in [4.69, 9.17) is 11.6 Å². The minimum atomic E-state index is -0.408. The molecule has 2 aliphatic heterocycles. The lowest BCUT2D eigenvalue weighted by Gasteiger charge is -2.45. The maximum absolute atomic E-state index is 12.8. The van der Waals surface area contributed by atoms with Crippen LogP contribution in [-0.4, -0.2) is 29.4 Å². The second-order valence-corrected chi connectivity index (χ2v) is 9.24. The number of fused-ring (bicyclic) bond motifs is 1. The van der Waals surface area contributed by atoms with E-state index in [9.17, 15) is 9.59 Å². The average molecular weight is 424 g/mol. The van der Waals surface area contributed by atoms with Gasteiger partial charge in [-0.15, -0.1) is 0 Å². The Hall–Kier alpha value is -2.79. The normalized spacial score (nSPS) is 21.8. The summed E-state index contributed by atoms with van der Waals surface area (Å²) in [6, 6.07) is 12.9. The highest BCUT2D eigenvalue weighted by molar-refractivity contribution is 6.30. The SMILES string of the molecule is CC1CC(C)(C)N(C)c2ccc(/C=C3/NC(=O)N(Cc4ccc(Cl)cc4)C3=O)cc21. The number of anilines is 1. The van der Waals surface area contributed by atoms with Gasteiger partial charge in [0, 0.05) is 23.3 Å². The number of urea groups is 1. The van der Waals surface area contributed by atoms with Crippen LogP contribution in [-0.2, 0) is 11.3 Å². The van der Waals surface area contributed by atoms with Crippen molar-refractivity contribution in [3.8, 4) is 0 Å². The molecule has 1 N–H and O–H groups in total. The summed E-state index contributed by atoms with van der Waals surface area (Å²) in [4.78, 5) is 28.7. The summed E-state index contributed by atoms with van der Waals surface area (Å²) < 4.78 is 0. The summed E-state index contributed by atoms with van der Waals surface area (Å²) in [5, 5.41) is 3.33. The quantitative estimate of drug-likeness (QED) is 0.548. The van der Waals surface area contributed by atoms with Crippen molar-refractivity contribution < 1.29 is 9.59 Å². The van der Waals surface area contributed by atoms with E-state index in [0.29, 0.717) is 16.6 Å². The number of rotatable bonds is 3. The molecule has 0 bridgehead atoms. The van der Waals surface area contributed by atoms with Crippen LogP contribution in [0.3, 0.4) is 0 Å². The molecule has 2 aromatic carbocycles. The standard InChI is InChI=1S/C24H26ClN3O2/c1-15-13-24(2,3)27(4)21-10-7-17(11-19(15)21)12-20-22(29)28(23(30)26-20)14-16-5-8-18(25)9-6-16/h5-12,15H,13-14H2,1-4H3,(H,26,30)/b20-12+. The molecule has 0 saturated carbocycles. The molecule has 6 heteroatoms. The number of carbonyl (C=O) groups excluding carboxylic acids is 2. The first-order valence-electron chi connectivity index (χ1n) is 10.1. The molecule has 3 amide bonds. The molecular formula is C24H26ClN3O2. The number of nitrogens with zero attached hydrogens (tertiary/aromatic N) is 2. The van der Waals surface area contributed by atoms with Crippen LogP contribution in [0.15, 0.2) is 48.2 Å². The molecule has 4 rings (SSSR count). The first-order valence-corrected chi connectivity index (χ1v) is 10.5. The maximum Gasteiger partial charge on any atom is 0.329 e. The topological polar surface area (TPSA) is 52.7 Å². The summed E-state index contributed by atoms with van der Waals surface area (Å²) in [7, 11) is 2.12. The van der Waals surface area contributed by atoms with E-state index in [2.05, 4.69) is 50.2 Å². The van der Waals surface area contributed by atoms with Crippen LogP contribution in [0.4, 0.5) is 10.5 Å². The Kier molecular flexibility index (Phi) is 5.10. The molecule has 0 spiro atoms. The van der Waals surface area contributed by atoms with Gasteiger partial charge in [-0.3, -0.25) is 9.69 Å². The van der Waals surface area contributed by atoms with Crippen LogP contribution in [0, 0.1) is 0 Å². The van der Waals surface area contributed by atoms with Crippen LogP contribution < -0.4 is 10.2 Å². The smallest absolute Gasteiger partial charge is 0.329 e. The van der Waals surface area contributed by atoms with Crippen molar-refractivity contribution in [1.29, 1.82) is 0 Å². The second-order valence-electron chi connectivity index (χ2n) is 8.80. The first kappa shape index (κ1) is 20.5. The Bertz CT molecular complexity index is 1040. The minimum Gasteiger partial charge on any atom is -0.369 e. The Balaban J connectivity index is 1.58. The zero-order chi connectivity index (χ0) is 21.6. The Labute approximate surface area is 182 Å². The van der Waals surface area contributed by atoms with E-state index in [1.807, 2.05) is 18.2 Å². The number of hydrogen-bond donors (Lipinski definition) is 1. The van der Waals surface area contributed by atoms with Crippen LogP contribution in [0.25, 0.3) is 6.08 Å². The number of amides is 3. The third-order valence-electron chi connectivity index (χ3n) is 6.18. The van der Waals surface area contributed by atoms with Gasteiger partial charge in [0.15, 0.2) is 0 Å². The number of benzene rings is 2. The average Bonchev–Trinajstić information content (AvgIpc) is 2.95. The molecule has 2 aliphatic rings. The molecule has 2 heterocycles. The zero-order valence-corrected chi connectivity index (χ0v) is 18.5. The van der Waals surface area contributed by atoms with Crippen LogP contribution >= 0.6 is 11.6 Å². The van der Waals surface area contributed by atoms with Crippen molar-refractivity contribution >= 4 is 35.3 Å². The molecule has 1 fully saturated rings. The lowest BCUT2D eigenvalue weighted by molar-refractivity contribution is -0.123. The van der Waals surface area contributed by atoms with E-state index in [1.54, 1.807) is 18.2 Å². The maximum atomic E-state index is 12.8. The summed E-state index contributed by atoms with van der Waals surface area (Å²) in [5.41, 5.74) is 4.63. The lowest BCUT2D eigenvalue weighted by atomic mass is 9.80. The lowest BCUT2D eigenvalue weighted by Crippen LogP contribution is -2.45. The van der Waals surface area contributed by atoms with Gasteiger partial charge < -0.3 is 10.2 Å². The van der Waals surface area contributed by atoms with Crippen molar-refractivity contribution in [3.63, 3.8) is 0 Å². The summed E-state index contributed by atoms with van der Waals surface area (Å²) in [6.07, 6.45) is 2.82. The Morgan fingerprint density at radius 2 is 1.87 bits per heavy atom. The predicted octanol–water partition coefficient (Wildman–Crippen LogP) is 5.15. The Morgan fingerprint density at radius 3 is 2.57 bits per heavy atom. The van der Waals surface area contributed by atoms with Gasteiger partial charge in [0.05, 0.1) is 6.54 Å². The van der Waals surface area contributed by atoms with Gasteiger partial charge in [-0.1, -0.05) is 36.7 Å². The highest BCUT2D eigenvalue weighted by Crippen LogP contribution is 2.42. The Morgan fingerprint density at radius 1 is 1.17 bits per heavy atom. The van der Waals surface area contributed by atoms with Gasteiger partial charge in [0.1, 0.15) is 5.70 Å². The highest BCUT2D eigenvalue weighted by atomic mass is 35.5. The fourth-order valence-electron chi connectivity index (χ4n) is 4.34. The van der Waals surface area contributed by atoms with Crippen molar-refractivity contribution in [2.45, 2.75) is 45.2 Å². The molecular weight excluding hydrogens is 398 g/mol. The van der Waals surface area contributed by atoms with Gasteiger partial charge >= 0.3 is 6.03 Å². The van der Waals surface area contributed by atoms with Crippen molar-refractivity contribution in [2.75, 3.05) is 11.9 Å². The highest BCUT2D eigenvalue weighted by Gasteiger charge is 2.35. The monoisotopic (exact) mass is 423 g/mol. The number of hydrogen-bond acceptors (Lipinski definition) is 3. The molecule has 0 aromatic heterocycles. The molecule has 156 valence electrons. The van der Waals surface area contributed by atoms with Gasteiger partial charge in [-0.2, -0.15) is 0 Å². The molecule has 5 nitrogen and oxygen atoms in total. The molecule has 30 heavy (non-hydrogen) atoms. The third-order valence-corrected chi connectivity index (χ3v) is 6.44. The van der Waals surface area contributed by atoms with Crippen LogP contribution in [0.2, 0.25) is 5.02 Å². The zero-order valence-electron chi connectivity index (χ0n) is 17.7. The van der Waals surface area contributed by atoms with E-state index in [1.165, 1.54) is 16.2 Å². The van der Waals surface area contributed by atoms with Crippen molar-refractivity contribution in [2.24, 2.45) is 0 Å². The fourth-order valence-corrected chi connectivity index (χ4v) is 4.47. The fraction of sp³-hybridized carbons (Fsp3) is 0.333. The van der Waals surface area contributed by atoms with Crippen molar-refractivity contribution in [3.05, 3.63) is 69.9 Å².